The highest BCUT2D eigenvalue weighted by molar-refractivity contribution is 7.90. The molecule has 36 heavy (non-hydrogen) atoms. The second-order valence-electron chi connectivity index (χ2n) is 9.93. The molecule has 4 aromatic rings. The summed E-state index contributed by atoms with van der Waals surface area (Å²) in [7, 11) is -1.60. The number of hydrogen-bond acceptors (Lipinski definition) is 5. The lowest BCUT2D eigenvalue weighted by Gasteiger charge is -2.36. The van der Waals surface area contributed by atoms with Crippen LogP contribution in [0.1, 0.15) is 12.8 Å². The molecule has 0 unspecified atom stereocenters. The highest BCUT2D eigenvalue weighted by Gasteiger charge is 2.31. The first-order valence-electron chi connectivity index (χ1n) is 12.3. The van der Waals surface area contributed by atoms with Crippen LogP contribution in [-0.2, 0) is 16.9 Å². The van der Waals surface area contributed by atoms with Gasteiger partial charge in [0.25, 0.3) is 0 Å². The molecule has 0 radical (unpaired) electrons. The van der Waals surface area contributed by atoms with Crippen LogP contribution in [-0.4, -0.2) is 61.3 Å². The van der Waals surface area contributed by atoms with Crippen molar-refractivity contribution >= 4 is 26.6 Å². The van der Waals surface area contributed by atoms with Gasteiger partial charge in [-0.05, 0) is 60.9 Å². The number of benzene rings is 2. The summed E-state index contributed by atoms with van der Waals surface area (Å²) in [4.78, 5) is 9.68. The fraction of sp³-hybridized carbons (Fsp3) is 0.321. The van der Waals surface area contributed by atoms with Crippen molar-refractivity contribution in [3.63, 3.8) is 0 Å². The van der Waals surface area contributed by atoms with E-state index >= 15 is 0 Å². The van der Waals surface area contributed by atoms with Gasteiger partial charge in [0.15, 0.2) is 9.84 Å². The topological polar surface area (TPSA) is 58.4 Å². The number of anilines is 1. The smallest absolute Gasteiger partial charge is 0.175 e. The van der Waals surface area contributed by atoms with Gasteiger partial charge in [0.05, 0.1) is 21.6 Å². The van der Waals surface area contributed by atoms with Crippen LogP contribution in [0.15, 0.2) is 65.7 Å². The van der Waals surface area contributed by atoms with Gasteiger partial charge in [0.1, 0.15) is 5.82 Å². The number of sulfone groups is 1. The number of aromatic nitrogens is 2. The van der Waals surface area contributed by atoms with Crippen LogP contribution in [0.25, 0.3) is 33.4 Å². The standard InChI is InChI=1S/C28H29FN4O2S/c1-31-27(24-10-9-23(16-25(24)29)36(2,34)35)17-26-28(31)15-20(18-30-26)19-3-5-21(6-4-19)32-11-13-33(14-12-32)22-7-8-22/h3-6,9-10,15-18,22H,7-8,11-14H2,1-2H3. The fourth-order valence-electron chi connectivity index (χ4n) is 5.20. The van der Waals surface area contributed by atoms with Crippen molar-refractivity contribution in [1.82, 2.24) is 14.5 Å². The summed E-state index contributed by atoms with van der Waals surface area (Å²) in [5.74, 6) is -0.572. The number of piperazine rings is 1. The number of nitrogens with zero attached hydrogens (tertiary/aromatic N) is 4. The van der Waals surface area contributed by atoms with E-state index in [2.05, 4.69) is 45.1 Å². The second-order valence-corrected chi connectivity index (χ2v) is 11.9. The average Bonchev–Trinajstić information content (AvgIpc) is 3.68. The molecule has 186 valence electrons. The zero-order chi connectivity index (χ0) is 25.0. The monoisotopic (exact) mass is 504 g/mol. The van der Waals surface area contributed by atoms with E-state index in [1.807, 2.05) is 23.9 Å². The predicted molar refractivity (Wildman–Crippen MR) is 141 cm³/mol. The summed E-state index contributed by atoms with van der Waals surface area (Å²) >= 11 is 0. The van der Waals surface area contributed by atoms with Crippen LogP contribution in [0, 0.1) is 5.82 Å². The summed E-state index contributed by atoms with van der Waals surface area (Å²) in [6.07, 6.45) is 5.64. The van der Waals surface area contributed by atoms with Crippen molar-refractivity contribution < 1.29 is 12.8 Å². The van der Waals surface area contributed by atoms with E-state index in [1.54, 1.807) is 0 Å². The normalized spacial score (nSPS) is 17.1. The van der Waals surface area contributed by atoms with Crippen LogP contribution in [0.3, 0.4) is 0 Å². The first kappa shape index (κ1) is 23.2. The highest BCUT2D eigenvalue weighted by atomic mass is 32.2. The Kier molecular flexibility index (Phi) is 5.61. The maximum absolute atomic E-state index is 14.9. The molecular formula is C28H29FN4O2S. The molecule has 8 heteroatoms. The van der Waals surface area contributed by atoms with E-state index in [0.717, 1.165) is 66.7 Å². The molecule has 0 amide bonds. The summed E-state index contributed by atoms with van der Waals surface area (Å²) in [6, 6.07) is 17.4. The number of rotatable bonds is 5. The molecule has 1 saturated carbocycles. The van der Waals surface area contributed by atoms with Crippen LogP contribution in [0.4, 0.5) is 10.1 Å². The molecule has 1 aliphatic heterocycles. The molecule has 6 nitrogen and oxygen atoms in total. The molecule has 2 fully saturated rings. The lowest BCUT2D eigenvalue weighted by molar-refractivity contribution is 0.248. The van der Waals surface area contributed by atoms with Gasteiger partial charge in [-0.25, -0.2) is 12.8 Å². The predicted octanol–water partition coefficient (Wildman–Crippen LogP) is 4.73. The lowest BCUT2D eigenvalue weighted by atomic mass is 10.1. The largest absolute Gasteiger partial charge is 0.369 e. The Labute approximate surface area is 210 Å². The van der Waals surface area contributed by atoms with E-state index in [9.17, 15) is 12.8 Å². The third-order valence-corrected chi connectivity index (χ3v) is 8.59. The van der Waals surface area contributed by atoms with Crippen LogP contribution in [0.2, 0.25) is 0 Å². The Morgan fingerprint density at radius 3 is 2.28 bits per heavy atom. The van der Waals surface area contributed by atoms with Crippen molar-refractivity contribution in [3.05, 3.63) is 66.6 Å². The van der Waals surface area contributed by atoms with Crippen molar-refractivity contribution in [2.24, 2.45) is 7.05 Å². The maximum atomic E-state index is 14.9. The molecule has 0 N–H and O–H groups in total. The molecule has 2 aromatic heterocycles. The fourth-order valence-corrected chi connectivity index (χ4v) is 5.83. The van der Waals surface area contributed by atoms with Gasteiger partial charge in [0, 0.05) is 68.5 Å². The molecule has 1 saturated heterocycles. The van der Waals surface area contributed by atoms with Crippen LogP contribution >= 0.6 is 0 Å². The van der Waals surface area contributed by atoms with Gasteiger partial charge < -0.3 is 9.47 Å². The molecule has 0 spiro atoms. The zero-order valence-corrected chi connectivity index (χ0v) is 21.3. The first-order valence-corrected chi connectivity index (χ1v) is 14.2. The highest BCUT2D eigenvalue weighted by Crippen LogP contribution is 2.33. The maximum Gasteiger partial charge on any atom is 0.175 e. The molecule has 3 heterocycles. The quantitative estimate of drug-likeness (QED) is 0.393. The van der Waals surface area contributed by atoms with Gasteiger partial charge in [-0.1, -0.05) is 12.1 Å². The van der Waals surface area contributed by atoms with Crippen molar-refractivity contribution in [2.75, 3.05) is 37.3 Å². The van der Waals surface area contributed by atoms with Crippen LogP contribution < -0.4 is 4.90 Å². The minimum atomic E-state index is -3.47. The third-order valence-electron chi connectivity index (χ3n) is 7.48. The molecule has 2 aliphatic rings. The molecular weight excluding hydrogens is 475 g/mol. The number of fused-ring (bicyclic) bond motifs is 1. The van der Waals surface area contributed by atoms with E-state index in [-0.39, 0.29) is 4.90 Å². The van der Waals surface area contributed by atoms with E-state index < -0.39 is 15.7 Å². The Balaban J connectivity index is 1.26. The van der Waals surface area contributed by atoms with Crippen molar-refractivity contribution in [1.29, 1.82) is 0 Å². The second kappa shape index (κ2) is 8.71. The van der Waals surface area contributed by atoms with Gasteiger partial charge in [0.2, 0.25) is 0 Å². The van der Waals surface area contributed by atoms with Gasteiger partial charge in [-0.15, -0.1) is 0 Å². The summed E-state index contributed by atoms with van der Waals surface area (Å²) in [5, 5.41) is 0. The summed E-state index contributed by atoms with van der Waals surface area (Å²) in [6.45, 7) is 4.41. The Morgan fingerprint density at radius 1 is 0.917 bits per heavy atom. The third kappa shape index (κ3) is 4.29. The minimum Gasteiger partial charge on any atom is -0.369 e. The molecule has 0 atom stereocenters. The summed E-state index contributed by atoms with van der Waals surface area (Å²) in [5.41, 5.74) is 5.95. The molecule has 6 rings (SSSR count). The Hall–Kier alpha value is -3.23. The van der Waals surface area contributed by atoms with Gasteiger partial charge in [-0.3, -0.25) is 9.88 Å². The average molecular weight is 505 g/mol. The number of pyridine rings is 1. The van der Waals surface area contributed by atoms with E-state index in [1.165, 1.54) is 30.7 Å². The zero-order valence-electron chi connectivity index (χ0n) is 20.5. The number of halogens is 1. The molecule has 2 aromatic carbocycles. The molecule has 1 aliphatic carbocycles. The Bertz CT molecular complexity index is 1550. The molecule has 0 bridgehead atoms. The minimum absolute atomic E-state index is 0.0313. The number of aryl methyl sites for hydroxylation is 1. The lowest BCUT2D eigenvalue weighted by Crippen LogP contribution is -2.47. The van der Waals surface area contributed by atoms with Crippen LogP contribution in [0.5, 0.6) is 0 Å². The number of hydrogen-bond donors (Lipinski definition) is 0. The first-order chi connectivity index (χ1) is 17.3. The van der Waals surface area contributed by atoms with E-state index in [0.29, 0.717) is 11.3 Å². The van der Waals surface area contributed by atoms with E-state index in [4.69, 9.17) is 0 Å². The van der Waals surface area contributed by atoms with Gasteiger partial charge in [-0.2, -0.15) is 0 Å². The Morgan fingerprint density at radius 2 is 1.64 bits per heavy atom. The van der Waals surface area contributed by atoms with Gasteiger partial charge >= 0.3 is 0 Å². The SMILES string of the molecule is Cn1c(-c2ccc(S(C)(=O)=O)cc2F)cc2ncc(-c3ccc(N4CCN(C5CC5)CC4)cc3)cc21. The summed E-state index contributed by atoms with van der Waals surface area (Å²) < 4.78 is 40.3. The van der Waals surface area contributed by atoms with Crippen molar-refractivity contribution in [2.45, 2.75) is 23.8 Å². The van der Waals surface area contributed by atoms with Crippen molar-refractivity contribution in [3.8, 4) is 22.4 Å².